The van der Waals surface area contributed by atoms with Gasteiger partial charge in [-0.1, -0.05) is 18.2 Å². The molecule has 2 aromatic carbocycles. The third-order valence-corrected chi connectivity index (χ3v) is 3.47. The topological polar surface area (TPSA) is 61.4 Å². The van der Waals surface area contributed by atoms with Crippen molar-refractivity contribution < 1.29 is 9.59 Å². The first-order valence-electron chi connectivity index (χ1n) is 7.34. The van der Waals surface area contributed by atoms with E-state index >= 15 is 0 Å². The van der Waals surface area contributed by atoms with E-state index < -0.39 is 11.8 Å². The molecular formula is C18H21N3O2. The second-order valence-electron chi connectivity index (χ2n) is 5.67. The number of carbonyl (C=O) groups is 2. The predicted octanol–water partition coefficient (Wildman–Crippen LogP) is 2.95. The van der Waals surface area contributed by atoms with Gasteiger partial charge in [0.15, 0.2) is 0 Å². The molecule has 0 aliphatic heterocycles. The number of amides is 2. The first kappa shape index (κ1) is 16.5. The summed E-state index contributed by atoms with van der Waals surface area (Å²) in [4.78, 5) is 26.0. The highest BCUT2D eigenvalue weighted by Gasteiger charge is 2.15. The molecule has 120 valence electrons. The fourth-order valence-corrected chi connectivity index (χ4v) is 2.10. The highest BCUT2D eigenvalue weighted by molar-refractivity contribution is 6.43. The van der Waals surface area contributed by atoms with Gasteiger partial charge in [-0.15, -0.1) is 0 Å². The summed E-state index contributed by atoms with van der Waals surface area (Å²) in [5.41, 5.74) is 4.10. The Morgan fingerprint density at radius 1 is 0.913 bits per heavy atom. The molecule has 0 saturated heterocycles. The molecule has 2 N–H and O–H groups in total. The Morgan fingerprint density at radius 2 is 1.61 bits per heavy atom. The highest BCUT2D eigenvalue weighted by atomic mass is 16.2. The lowest BCUT2D eigenvalue weighted by Gasteiger charge is -2.14. The molecule has 0 spiro atoms. The highest BCUT2D eigenvalue weighted by Crippen LogP contribution is 2.18. The number of anilines is 3. The van der Waals surface area contributed by atoms with Crippen molar-refractivity contribution in [1.29, 1.82) is 0 Å². The molecule has 0 heterocycles. The number of nitrogens with zero attached hydrogens (tertiary/aromatic N) is 1. The molecule has 0 bridgehead atoms. The molecule has 23 heavy (non-hydrogen) atoms. The van der Waals surface area contributed by atoms with Crippen LogP contribution in [0.5, 0.6) is 0 Å². The molecule has 0 atom stereocenters. The van der Waals surface area contributed by atoms with Crippen molar-refractivity contribution in [2.45, 2.75) is 13.8 Å². The van der Waals surface area contributed by atoms with Gasteiger partial charge in [-0.2, -0.15) is 0 Å². The molecule has 0 saturated carbocycles. The van der Waals surface area contributed by atoms with Crippen molar-refractivity contribution in [2.24, 2.45) is 0 Å². The summed E-state index contributed by atoms with van der Waals surface area (Å²) in [6, 6.07) is 13.0. The summed E-state index contributed by atoms with van der Waals surface area (Å²) in [6.45, 7) is 3.81. The average Bonchev–Trinajstić information content (AvgIpc) is 2.51. The van der Waals surface area contributed by atoms with Crippen molar-refractivity contribution in [2.75, 3.05) is 29.6 Å². The smallest absolute Gasteiger partial charge is 0.314 e. The minimum absolute atomic E-state index is 0.581. The molecule has 0 aliphatic rings. The first-order valence-corrected chi connectivity index (χ1v) is 7.34. The third-order valence-electron chi connectivity index (χ3n) is 3.47. The summed E-state index contributed by atoms with van der Waals surface area (Å²) in [5, 5.41) is 5.26. The summed E-state index contributed by atoms with van der Waals surface area (Å²) in [6.07, 6.45) is 0. The largest absolute Gasteiger partial charge is 0.378 e. The molecule has 0 radical (unpaired) electrons. The van der Waals surface area contributed by atoms with Crippen molar-refractivity contribution in [1.82, 2.24) is 0 Å². The van der Waals surface area contributed by atoms with E-state index in [1.54, 1.807) is 6.07 Å². The Morgan fingerprint density at radius 3 is 2.30 bits per heavy atom. The van der Waals surface area contributed by atoms with Gasteiger partial charge in [0.25, 0.3) is 0 Å². The van der Waals surface area contributed by atoms with Crippen LogP contribution in [0.3, 0.4) is 0 Å². The van der Waals surface area contributed by atoms with Gasteiger partial charge in [0.05, 0.1) is 0 Å². The predicted molar refractivity (Wildman–Crippen MR) is 93.9 cm³/mol. The summed E-state index contributed by atoms with van der Waals surface area (Å²) < 4.78 is 0. The number of aryl methyl sites for hydroxylation is 2. The number of hydrogen-bond donors (Lipinski definition) is 2. The molecule has 0 unspecified atom stereocenters. The number of nitrogens with one attached hydrogen (secondary N) is 2. The molecule has 5 heteroatoms. The molecular weight excluding hydrogens is 290 g/mol. The zero-order valence-corrected chi connectivity index (χ0v) is 13.8. The van der Waals surface area contributed by atoms with Crippen LogP contribution in [0, 0.1) is 13.8 Å². The van der Waals surface area contributed by atoms with E-state index in [1.165, 1.54) is 0 Å². The van der Waals surface area contributed by atoms with Gasteiger partial charge in [0.1, 0.15) is 0 Å². The molecule has 2 amide bonds. The van der Waals surface area contributed by atoms with Gasteiger partial charge >= 0.3 is 11.8 Å². The van der Waals surface area contributed by atoms with Gasteiger partial charge < -0.3 is 15.5 Å². The van der Waals surface area contributed by atoms with Crippen LogP contribution in [0.2, 0.25) is 0 Å². The molecule has 2 aromatic rings. The first-order chi connectivity index (χ1) is 10.9. The Bertz CT molecular complexity index is 739. The lowest BCUT2D eigenvalue weighted by molar-refractivity contribution is -0.133. The lowest BCUT2D eigenvalue weighted by atomic mass is 10.1. The second kappa shape index (κ2) is 6.96. The zero-order chi connectivity index (χ0) is 17.0. The minimum atomic E-state index is -0.693. The van der Waals surface area contributed by atoms with Gasteiger partial charge in [-0.05, 0) is 49.2 Å². The van der Waals surface area contributed by atoms with Gasteiger partial charge in [0, 0.05) is 31.2 Å². The van der Waals surface area contributed by atoms with Crippen molar-refractivity contribution >= 4 is 28.9 Å². The molecule has 5 nitrogen and oxygen atoms in total. The van der Waals surface area contributed by atoms with Gasteiger partial charge in [-0.25, -0.2) is 0 Å². The van der Waals surface area contributed by atoms with E-state index in [-0.39, 0.29) is 0 Å². The summed E-state index contributed by atoms with van der Waals surface area (Å²) >= 11 is 0. The molecule has 0 aromatic heterocycles. The number of hydrogen-bond acceptors (Lipinski definition) is 3. The standard InChI is InChI=1S/C18H21N3O2/c1-12-8-9-13(2)16(10-12)20-18(23)17(22)19-14-6-5-7-15(11-14)21(3)4/h5-11H,1-4H3,(H,19,22)(H,20,23). The quantitative estimate of drug-likeness (QED) is 0.857. The number of benzene rings is 2. The van der Waals surface area contributed by atoms with Crippen LogP contribution in [0.25, 0.3) is 0 Å². The van der Waals surface area contributed by atoms with E-state index in [9.17, 15) is 9.59 Å². The third kappa shape index (κ3) is 4.32. The minimum Gasteiger partial charge on any atom is -0.378 e. The van der Waals surface area contributed by atoms with E-state index in [1.807, 2.05) is 69.2 Å². The molecule has 2 rings (SSSR count). The normalized spacial score (nSPS) is 10.1. The fourth-order valence-electron chi connectivity index (χ4n) is 2.10. The summed E-state index contributed by atoms with van der Waals surface area (Å²) in [7, 11) is 3.82. The van der Waals surface area contributed by atoms with Crippen LogP contribution in [0.1, 0.15) is 11.1 Å². The second-order valence-corrected chi connectivity index (χ2v) is 5.67. The van der Waals surface area contributed by atoms with Crippen LogP contribution in [-0.2, 0) is 9.59 Å². The average molecular weight is 311 g/mol. The Hall–Kier alpha value is -2.82. The maximum Gasteiger partial charge on any atom is 0.314 e. The maximum atomic E-state index is 12.1. The maximum absolute atomic E-state index is 12.1. The van der Waals surface area contributed by atoms with Crippen LogP contribution >= 0.6 is 0 Å². The Labute approximate surface area is 136 Å². The molecule has 0 aliphatic carbocycles. The Kier molecular flexibility index (Phi) is 5.01. The van der Waals surface area contributed by atoms with Crippen LogP contribution < -0.4 is 15.5 Å². The summed E-state index contributed by atoms with van der Waals surface area (Å²) in [5.74, 6) is -1.38. The molecule has 0 fully saturated rings. The van der Waals surface area contributed by atoms with E-state index in [0.29, 0.717) is 11.4 Å². The van der Waals surface area contributed by atoms with Gasteiger partial charge in [0.2, 0.25) is 0 Å². The SMILES string of the molecule is Cc1ccc(C)c(NC(=O)C(=O)Nc2cccc(N(C)C)c2)c1. The Balaban J connectivity index is 2.07. The zero-order valence-electron chi connectivity index (χ0n) is 13.8. The van der Waals surface area contributed by atoms with Crippen LogP contribution in [0.4, 0.5) is 17.1 Å². The van der Waals surface area contributed by atoms with E-state index in [0.717, 1.165) is 16.8 Å². The number of rotatable bonds is 3. The fraction of sp³-hybridized carbons (Fsp3) is 0.222. The van der Waals surface area contributed by atoms with Crippen molar-refractivity contribution in [3.8, 4) is 0 Å². The van der Waals surface area contributed by atoms with Crippen LogP contribution in [-0.4, -0.2) is 25.9 Å². The van der Waals surface area contributed by atoms with Crippen molar-refractivity contribution in [3.05, 3.63) is 53.6 Å². The van der Waals surface area contributed by atoms with E-state index in [4.69, 9.17) is 0 Å². The lowest BCUT2D eigenvalue weighted by Crippen LogP contribution is -2.29. The van der Waals surface area contributed by atoms with Gasteiger partial charge in [-0.3, -0.25) is 9.59 Å². The van der Waals surface area contributed by atoms with Crippen LogP contribution in [0.15, 0.2) is 42.5 Å². The monoisotopic (exact) mass is 311 g/mol. The van der Waals surface area contributed by atoms with E-state index in [2.05, 4.69) is 10.6 Å². The van der Waals surface area contributed by atoms with Crippen molar-refractivity contribution in [3.63, 3.8) is 0 Å². The number of carbonyl (C=O) groups excluding carboxylic acids is 2.